The van der Waals surface area contributed by atoms with Crippen LogP contribution in [0.3, 0.4) is 0 Å². The smallest absolute Gasteiger partial charge is 0.338 e. The molecular weight excluding hydrogens is 396 g/mol. The molecule has 0 atom stereocenters. The second-order valence-electron chi connectivity index (χ2n) is 4.99. The molecule has 0 saturated carbocycles. The van der Waals surface area contributed by atoms with Crippen LogP contribution in [0.1, 0.15) is 15.9 Å². The van der Waals surface area contributed by atoms with Crippen molar-refractivity contribution in [2.45, 2.75) is 6.54 Å². The van der Waals surface area contributed by atoms with Gasteiger partial charge in [-0.25, -0.2) is 4.79 Å². The number of methoxy groups -OCH3 is 2. The maximum atomic E-state index is 11.9. The van der Waals surface area contributed by atoms with Crippen LogP contribution < -0.4 is 4.74 Å². The van der Waals surface area contributed by atoms with Crippen molar-refractivity contribution in [3.05, 3.63) is 58.2 Å². The quantitative estimate of drug-likeness (QED) is 0.608. The van der Waals surface area contributed by atoms with Crippen LogP contribution in [0, 0.1) is 0 Å². The molecule has 0 bridgehead atoms. The monoisotopic (exact) mass is 410 g/mol. The summed E-state index contributed by atoms with van der Waals surface area (Å²) >= 11 is 3.55. The zero-order valence-corrected chi connectivity index (χ0v) is 15.6. The maximum Gasteiger partial charge on any atom is 0.338 e. The van der Waals surface area contributed by atoms with Crippen LogP contribution in [-0.4, -0.2) is 30.0 Å². The molecule has 0 saturated heterocycles. The number of carbonyl (C=O) groups is 1. The lowest BCUT2D eigenvalue weighted by atomic mass is 10.1. The summed E-state index contributed by atoms with van der Waals surface area (Å²) in [5.41, 5.74) is 2.32. The van der Waals surface area contributed by atoms with Gasteiger partial charge in [0.2, 0.25) is 0 Å². The number of hydrogen-bond donors (Lipinski definition) is 0. The Morgan fingerprint density at radius 1 is 1.17 bits per heavy atom. The molecule has 0 aliphatic carbocycles. The number of nitrogens with zero attached hydrogens (tertiary/aromatic N) is 2. The summed E-state index contributed by atoms with van der Waals surface area (Å²) in [5, 5.41) is 5.32. The highest BCUT2D eigenvalue weighted by atomic mass is 79.9. The first-order valence-corrected chi connectivity index (χ1v) is 7.79. The largest absolute Gasteiger partial charge is 0.497 e. The number of ether oxygens (including phenoxy) is 2. The van der Waals surface area contributed by atoms with Crippen molar-refractivity contribution in [2.75, 3.05) is 14.2 Å². The minimum atomic E-state index is -0.375. The van der Waals surface area contributed by atoms with Gasteiger partial charge in [-0.15, -0.1) is 12.4 Å². The third-order valence-electron chi connectivity index (χ3n) is 3.60. The van der Waals surface area contributed by atoms with Crippen molar-refractivity contribution in [3.8, 4) is 5.75 Å². The Morgan fingerprint density at radius 3 is 2.50 bits per heavy atom. The second-order valence-corrected chi connectivity index (χ2v) is 5.74. The lowest BCUT2D eigenvalue weighted by molar-refractivity contribution is 0.0603. The number of halogens is 2. The molecular formula is C17H16BrClN2O3. The highest BCUT2D eigenvalue weighted by Crippen LogP contribution is 2.28. The molecule has 5 nitrogen and oxygen atoms in total. The first-order chi connectivity index (χ1) is 11.1. The lowest BCUT2D eigenvalue weighted by Crippen LogP contribution is -2.03. The molecule has 0 fully saturated rings. The minimum absolute atomic E-state index is 0. The van der Waals surface area contributed by atoms with Gasteiger partial charge in [0.1, 0.15) is 10.4 Å². The van der Waals surface area contributed by atoms with E-state index < -0.39 is 0 Å². The topological polar surface area (TPSA) is 53.3 Å². The van der Waals surface area contributed by atoms with E-state index in [1.165, 1.54) is 7.11 Å². The molecule has 0 radical (unpaired) electrons. The number of benzene rings is 2. The molecule has 1 aromatic heterocycles. The fourth-order valence-electron chi connectivity index (χ4n) is 2.43. The first kappa shape index (κ1) is 18.3. The normalized spacial score (nSPS) is 10.3. The maximum absolute atomic E-state index is 11.9. The van der Waals surface area contributed by atoms with Gasteiger partial charge in [0.05, 0.1) is 31.8 Å². The molecule has 3 rings (SSSR count). The van der Waals surface area contributed by atoms with Crippen LogP contribution in [0.15, 0.2) is 47.1 Å². The average molecular weight is 412 g/mol. The van der Waals surface area contributed by atoms with Crippen molar-refractivity contribution in [3.63, 3.8) is 0 Å². The Bertz CT molecular complexity index is 862. The van der Waals surface area contributed by atoms with Crippen LogP contribution in [0.4, 0.5) is 0 Å². The van der Waals surface area contributed by atoms with Crippen LogP contribution in [-0.2, 0) is 11.3 Å². The summed E-state index contributed by atoms with van der Waals surface area (Å²) in [5.74, 6) is 0.437. The van der Waals surface area contributed by atoms with Crippen molar-refractivity contribution >= 4 is 45.2 Å². The molecule has 0 amide bonds. The number of esters is 1. The van der Waals surface area contributed by atoms with Crippen LogP contribution in [0.25, 0.3) is 10.9 Å². The van der Waals surface area contributed by atoms with E-state index in [4.69, 9.17) is 9.47 Å². The van der Waals surface area contributed by atoms with E-state index in [2.05, 4.69) is 21.0 Å². The standard InChI is InChI=1S/C17H15BrN2O3.ClH/c1-22-12-8-6-11(7-9-12)10-20-16(18)15-13(17(21)23-2)4-3-5-14(15)19-20;/h3-9H,10H2,1-2H3;1H. The third kappa shape index (κ3) is 3.39. The predicted molar refractivity (Wildman–Crippen MR) is 98.1 cm³/mol. The van der Waals surface area contributed by atoms with E-state index >= 15 is 0 Å². The van der Waals surface area contributed by atoms with Gasteiger partial charge in [0, 0.05) is 5.39 Å². The summed E-state index contributed by atoms with van der Waals surface area (Å²) < 4.78 is 12.6. The van der Waals surface area contributed by atoms with Gasteiger partial charge in [-0.3, -0.25) is 4.68 Å². The predicted octanol–water partition coefficient (Wildman–Crippen LogP) is 4.06. The van der Waals surface area contributed by atoms with Crippen molar-refractivity contribution < 1.29 is 14.3 Å². The Balaban J connectivity index is 0.00000208. The number of rotatable bonds is 4. The SMILES string of the molecule is COC(=O)c1cccc2nn(Cc3ccc(OC)cc3)c(Br)c12.Cl. The van der Waals surface area contributed by atoms with Crippen LogP contribution >= 0.6 is 28.3 Å². The van der Waals surface area contributed by atoms with Gasteiger partial charge in [-0.05, 0) is 45.8 Å². The Morgan fingerprint density at radius 2 is 1.88 bits per heavy atom. The number of hydrogen-bond acceptors (Lipinski definition) is 4. The van der Waals surface area contributed by atoms with Gasteiger partial charge in [0.15, 0.2) is 0 Å². The van der Waals surface area contributed by atoms with Gasteiger partial charge < -0.3 is 9.47 Å². The van der Waals surface area contributed by atoms with E-state index in [0.29, 0.717) is 12.1 Å². The van der Waals surface area contributed by atoms with E-state index in [0.717, 1.165) is 26.8 Å². The van der Waals surface area contributed by atoms with Gasteiger partial charge in [0.25, 0.3) is 0 Å². The van der Waals surface area contributed by atoms with Crippen molar-refractivity contribution in [1.29, 1.82) is 0 Å². The Hall–Kier alpha value is -2.05. The molecule has 7 heteroatoms. The fraction of sp³-hybridized carbons (Fsp3) is 0.176. The molecule has 0 aliphatic rings. The molecule has 0 spiro atoms. The molecule has 3 aromatic rings. The molecule has 1 heterocycles. The summed E-state index contributed by atoms with van der Waals surface area (Å²) in [4.78, 5) is 11.9. The Kier molecular flexibility index (Phi) is 5.85. The number of aromatic nitrogens is 2. The van der Waals surface area contributed by atoms with Gasteiger partial charge in [-0.1, -0.05) is 18.2 Å². The fourth-order valence-corrected chi connectivity index (χ4v) is 3.05. The van der Waals surface area contributed by atoms with Crippen LogP contribution in [0.2, 0.25) is 0 Å². The number of carbonyl (C=O) groups excluding carboxylic acids is 1. The minimum Gasteiger partial charge on any atom is -0.497 e. The summed E-state index contributed by atoms with van der Waals surface area (Å²) in [6, 6.07) is 13.2. The van der Waals surface area contributed by atoms with Crippen molar-refractivity contribution in [1.82, 2.24) is 9.78 Å². The second kappa shape index (κ2) is 7.68. The highest BCUT2D eigenvalue weighted by Gasteiger charge is 2.17. The third-order valence-corrected chi connectivity index (χ3v) is 4.41. The zero-order valence-electron chi connectivity index (χ0n) is 13.2. The zero-order chi connectivity index (χ0) is 16.4. The summed E-state index contributed by atoms with van der Waals surface area (Å²) in [6.45, 7) is 0.583. The molecule has 0 aliphatic heterocycles. The van der Waals surface area contributed by atoms with Crippen molar-refractivity contribution in [2.24, 2.45) is 0 Å². The van der Waals surface area contributed by atoms with Crippen LogP contribution in [0.5, 0.6) is 5.75 Å². The molecule has 0 N–H and O–H groups in total. The average Bonchev–Trinajstić information content (AvgIpc) is 2.91. The van der Waals surface area contributed by atoms with E-state index in [9.17, 15) is 4.79 Å². The van der Waals surface area contributed by atoms with E-state index in [-0.39, 0.29) is 18.4 Å². The molecule has 126 valence electrons. The number of fused-ring (bicyclic) bond motifs is 1. The molecule has 24 heavy (non-hydrogen) atoms. The van der Waals surface area contributed by atoms with E-state index in [1.54, 1.807) is 19.2 Å². The van der Waals surface area contributed by atoms with E-state index in [1.807, 2.05) is 35.0 Å². The molecule has 0 unspecified atom stereocenters. The lowest BCUT2D eigenvalue weighted by Gasteiger charge is -2.05. The highest BCUT2D eigenvalue weighted by molar-refractivity contribution is 9.10. The summed E-state index contributed by atoms with van der Waals surface area (Å²) in [7, 11) is 3.01. The van der Waals surface area contributed by atoms with Gasteiger partial charge in [-0.2, -0.15) is 5.10 Å². The molecule has 2 aromatic carbocycles. The first-order valence-electron chi connectivity index (χ1n) is 7.00. The summed E-state index contributed by atoms with van der Waals surface area (Å²) in [6.07, 6.45) is 0. The Labute approximate surface area is 154 Å². The van der Waals surface area contributed by atoms with Gasteiger partial charge >= 0.3 is 5.97 Å².